The molecule has 0 spiro atoms. The van der Waals surface area contributed by atoms with E-state index in [1.807, 2.05) is 0 Å². The zero-order valence-electron chi connectivity index (χ0n) is 29.7. The van der Waals surface area contributed by atoms with Gasteiger partial charge in [0, 0.05) is 0 Å². The van der Waals surface area contributed by atoms with Gasteiger partial charge in [-0.05, 0) is 39.6 Å². The van der Waals surface area contributed by atoms with E-state index < -0.39 is 8.07 Å². The molecule has 0 aromatic heterocycles. The Bertz CT molecular complexity index is 1760. The Kier molecular flexibility index (Phi) is 11.9. The molecule has 6 aromatic rings. The van der Waals surface area contributed by atoms with Gasteiger partial charge in [0.15, 0.2) is 0 Å². The molecular formula is C45H52HfSi. The minimum absolute atomic E-state index is 0. The first kappa shape index (κ1) is 37.0. The van der Waals surface area contributed by atoms with Crippen LogP contribution in [0.4, 0.5) is 0 Å². The van der Waals surface area contributed by atoms with E-state index in [0.717, 1.165) is 5.54 Å². The predicted molar refractivity (Wildman–Crippen MR) is 209 cm³/mol. The molecule has 0 bridgehead atoms. The second-order valence-corrected chi connectivity index (χ2v) is 18.6. The van der Waals surface area contributed by atoms with Gasteiger partial charge in [-0.1, -0.05) is 138 Å². The van der Waals surface area contributed by atoms with Crippen LogP contribution in [0, 0.1) is 14.9 Å². The summed E-state index contributed by atoms with van der Waals surface area (Å²) < 4.78 is 0. The molecule has 0 atom stereocenters. The average molecular weight is 799 g/mol. The van der Waals surface area contributed by atoms with Crippen LogP contribution in [0.5, 0.6) is 0 Å². The average Bonchev–Trinajstić information content (AvgIpc) is 3.70. The van der Waals surface area contributed by atoms with Gasteiger partial charge in [0.2, 0.25) is 0 Å². The molecule has 0 unspecified atom stereocenters. The van der Waals surface area contributed by atoms with Crippen LogP contribution >= 0.6 is 0 Å². The molecule has 1 aliphatic rings. The summed E-state index contributed by atoms with van der Waals surface area (Å²) in [6, 6.07) is 42.7. The largest absolute Gasteiger partial charge is 4.00 e. The van der Waals surface area contributed by atoms with Crippen molar-refractivity contribution in [3.05, 3.63) is 135 Å². The maximum atomic E-state index is 2.69. The molecule has 1 aliphatic carbocycles. The second kappa shape index (κ2) is 15.2. The van der Waals surface area contributed by atoms with E-state index in [1.165, 1.54) is 87.0 Å². The molecule has 0 aliphatic heterocycles. The molecule has 0 saturated heterocycles. The molecule has 6 aromatic carbocycles. The molecule has 0 nitrogen and oxygen atoms in total. The van der Waals surface area contributed by atoms with Crippen molar-refractivity contribution in [2.45, 2.75) is 83.7 Å². The molecule has 1 fully saturated rings. The quantitative estimate of drug-likeness (QED) is 0.111. The first-order chi connectivity index (χ1) is 21.3. The number of rotatable bonds is 7. The first-order valence-corrected chi connectivity index (χ1v) is 19.5. The second-order valence-electron chi connectivity index (χ2n) is 14.2. The third-order valence-corrected chi connectivity index (χ3v) is 16.1. The number of benzene rings is 4. The van der Waals surface area contributed by atoms with Crippen LogP contribution in [-0.2, 0) is 25.8 Å². The van der Waals surface area contributed by atoms with E-state index >= 15 is 0 Å². The van der Waals surface area contributed by atoms with Crippen molar-refractivity contribution < 1.29 is 25.8 Å². The zero-order valence-corrected chi connectivity index (χ0v) is 34.3. The fraction of sp³-hybridized carbons (Fsp3) is 0.289. The van der Waals surface area contributed by atoms with Crippen molar-refractivity contribution in [1.82, 2.24) is 0 Å². The molecule has 0 radical (unpaired) electrons. The van der Waals surface area contributed by atoms with Gasteiger partial charge in [0.25, 0.3) is 0 Å². The Morgan fingerprint density at radius 3 is 1.36 bits per heavy atom. The summed E-state index contributed by atoms with van der Waals surface area (Å²) in [4.78, 5) is 0. The van der Waals surface area contributed by atoms with Crippen molar-refractivity contribution in [3.8, 4) is 22.3 Å². The summed E-state index contributed by atoms with van der Waals surface area (Å²) >= 11 is 0. The Labute approximate surface area is 305 Å². The minimum Gasteiger partial charge on any atom is -0.358 e. The zero-order chi connectivity index (χ0) is 30.4. The van der Waals surface area contributed by atoms with Gasteiger partial charge < -0.3 is 14.9 Å². The molecule has 2 heteroatoms. The maximum absolute atomic E-state index is 2.69. The van der Waals surface area contributed by atoms with Crippen LogP contribution < -0.4 is 10.4 Å². The third kappa shape index (κ3) is 6.88. The molecule has 1 saturated carbocycles. The molecule has 0 N–H and O–H groups in total. The van der Waals surface area contributed by atoms with Gasteiger partial charge in [0.05, 0.1) is 8.07 Å². The smallest absolute Gasteiger partial charge is 0.358 e. The topological polar surface area (TPSA) is 0 Å². The van der Waals surface area contributed by atoms with E-state index in [-0.39, 0.29) is 40.7 Å². The molecular weight excluding hydrogens is 747 g/mol. The van der Waals surface area contributed by atoms with E-state index in [0.29, 0.717) is 11.8 Å². The summed E-state index contributed by atoms with van der Waals surface area (Å²) in [7, 11) is -2.06. The molecule has 7 rings (SSSR count). The number of fused-ring (bicyclic) bond motifs is 2. The fourth-order valence-electron chi connectivity index (χ4n) is 7.99. The van der Waals surface area contributed by atoms with Gasteiger partial charge in [-0.3, -0.25) is 0 Å². The molecule has 47 heavy (non-hydrogen) atoms. The molecule has 0 amide bonds. The van der Waals surface area contributed by atoms with Crippen LogP contribution in [0.3, 0.4) is 0 Å². The maximum Gasteiger partial charge on any atom is 4.00 e. The third-order valence-electron chi connectivity index (χ3n) is 10.9. The van der Waals surface area contributed by atoms with Gasteiger partial charge in [-0.15, -0.1) is 68.3 Å². The van der Waals surface area contributed by atoms with Crippen LogP contribution in [0.15, 0.2) is 109 Å². The van der Waals surface area contributed by atoms with Crippen molar-refractivity contribution in [2.24, 2.45) is 0 Å². The van der Waals surface area contributed by atoms with E-state index in [9.17, 15) is 0 Å². The van der Waals surface area contributed by atoms with Gasteiger partial charge in [-0.2, -0.15) is 12.1 Å². The molecule has 0 heterocycles. The van der Waals surface area contributed by atoms with Gasteiger partial charge >= 0.3 is 25.8 Å². The first-order valence-electron chi connectivity index (χ1n) is 16.9. The van der Waals surface area contributed by atoms with Crippen molar-refractivity contribution in [1.29, 1.82) is 0 Å². The Morgan fingerprint density at radius 2 is 0.979 bits per heavy atom. The van der Waals surface area contributed by atoms with Gasteiger partial charge in [0.1, 0.15) is 0 Å². The van der Waals surface area contributed by atoms with E-state index in [4.69, 9.17) is 0 Å². The van der Waals surface area contributed by atoms with Crippen molar-refractivity contribution >= 4 is 40.0 Å². The van der Waals surface area contributed by atoms with Crippen LogP contribution in [0.25, 0.3) is 43.8 Å². The number of hydrogen-bond donors (Lipinski definition) is 0. The summed E-state index contributed by atoms with van der Waals surface area (Å²) in [5.41, 5.74) is 8.95. The Hall–Kier alpha value is -2.81. The summed E-state index contributed by atoms with van der Waals surface area (Å²) in [5, 5.41) is 8.84. The Balaban J connectivity index is 0.00000167. The van der Waals surface area contributed by atoms with E-state index in [2.05, 4.69) is 143 Å². The predicted octanol–water partition coefficient (Wildman–Crippen LogP) is 12.4. The molecule has 240 valence electrons. The van der Waals surface area contributed by atoms with Crippen LogP contribution in [0.1, 0.15) is 82.8 Å². The summed E-state index contributed by atoms with van der Waals surface area (Å²) in [6.07, 6.45) is 6.85. The standard InChI is InChI=1S/C43H46Si.2CH3.Hf/c1-29(2)31-17-21-33(22-18-31)40-15-9-11-35-25-38(27-42(35)40)44(5,37-13-7-6-8-14-37)39-26-36-12-10-16-41(43(36)28-39)34-23-19-32(20-24-34)30(3)4;;;/h9-12,15-30,37H,6-8,13-14H2,1-5H3;2*1H3;/q-2;2*-1;+4. The normalized spacial score (nSPS) is 13.9. The van der Waals surface area contributed by atoms with E-state index in [1.54, 1.807) is 10.4 Å². The van der Waals surface area contributed by atoms with Crippen molar-refractivity contribution in [2.75, 3.05) is 0 Å². The monoisotopic (exact) mass is 800 g/mol. The van der Waals surface area contributed by atoms with Crippen LogP contribution in [-0.4, -0.2) is 8.07 Å². The SMILES string of the molecule is CC(C)c1ccc(-c2cccc3[cH-]c([Si](C)(c4cc5c(-c6ccc(C(C)C)cc6)cccc5[cH-]4)C4CCCCC4)cc23)cc1.[CH3-].[CH3-].[Hf+4]. The van der Waals surface area contributed by atoms with Gasteiger partial charge in [-0.25, -0.2) is 0 Å². The fourth-order valence-corrected chi connectivity index (χ4v) is 12.6. The Morgan fingerprint density at radius 1 is 0.574 bits per heavy atom. The minimum atomic E-state index is -2.06. The summed E-state index contributed by atoms with van der Waals surface area (Å²) in [5.74, 6) is 1.10. The summed E-state index contributed by atoms with van der Waals surface area (Å²) in [6.45, 7) is 11.8. The van der Waals surface area contributed by atoms with Crippen molar-refractivity contribution in [3.63, 3.8) is 0 Å². The van der Waals surface area contributed by atoms with Crippen LogP contribution in [0.2, 0.25) is 12.1 Å². The number of hydrogen-bond acceptors (Lipinski definition) is 0.